The number of aromatic nitrogens is 3. The molecule has 0 radical (unpaired) electrons. The van der Waals surface area contributed by atoms with Crippen LogP contribution in [0.15, 0.2) is 42.5 Å². The van der Waals surface area contributed by atoms with Gasteiger partial charge in [-0.05, 0) is 42.8 Å². The van der Waals surface area contributed by atoms with E-state index in [0.717, 1.165) is 23.4 Å². The Morgan fingerprint density at radius 2 is 1.87 bits per heavy atom. The van der Waals surface area contributed by atoms with Gasteiger partial charge < -0.3 is 15.4 Å². The fraction of sp³-hybridized carbons (Fsp3) is 0.238. The van der Waals surface area contributed by atoms with E-state index in [2.05, 4.69) is 25.8 Å². The number of hydrogen-bond donors (Lipinski definition) is 3. The average Bonchev–Trinajstić information content (AvgIpc) is 3.24. The van der Waals surface area contributed by atoms with Gasteiger partial charge in [0.15, 0.2) is 5.82 Å². The zero-order valence-corrected chi connectivity index (χ0v) is 16.7. The summed E-state index contributed by atoms with van der Waals surface area (Å²) in [5, 5.41) is 12.1. The van der Waals surface area contributed by atoms with Crippen molar-refractivity contribution in [1.29, 1.82) is 0 Å². The van der Waals surface area contributed by atoms with Crippen molar-refractivity contribution in [1.82, 2.24) is 25.8 Å². The molecule has 3 N–H and O–H groups in total. The summed E-state index contributed by atoms with van der Waals surface area (Å²) in [7, 11) is 1.59. The predicted molar refractivity (Wildman–Crippen MR) is 108 cm³/mol. The van der Waals surface area contributed by atoms with Gasteiger partial charge in [0, 0.05) is 24.6 Å². The maximum atomic E-state index is 13.6. The zero-order chi connectivity index (χ0) is 22.2. The molecule has 0 fully saturated rings. The molecule has 0 bridgehead atoms. The Bertz CT molecular complexity index is 1050. The van der Waals surface area contributed by atoms with Crippen LogP contribution >= 0.6 is 0 Å². The third kappa shape index (κ3) is 6.08. The summed E-state index contributed by atoms with van der Waals surface area (Å²) in [4.78, 5) is 28.2. The fourth-order valence-electron chi connectivity index (χ4n) is 2.73. The molecule has 162 valence electrons. The molecule has 0 unspecified atom stereocenters. The number of carbonyl (C=O) groups is 2. The topological polar surface area (TPSA) is 109 Å². The summed E-state index contributed by atoms with van der Waals surface area (Å²) in [5.41, 5.74) is 0.562. The molecule has 2 aromatic carbocycles. The van der Waals surface area contributed by atoms with E-state index in [-0.39, 0.29) is 31.0 Å². The Balaban J connectivity index is 1.38. The lowest BCUT2D eigenvalue weighted by atomic mass is 10.2. The van der Waals surface area contributed by atoms with E-state index < -0.39 is 17.5 Å². The molecule has 2 amide bonds. The molecule has 8 nitrogen and oxygen atoms in total. The van der Waals surface area contributed by atoms with Crippen LogP contribution in [-0.2, 0) is 11.3 Å². The van der Waals surface area contributed by atoms with E-state index in [1.54, 1.807) is 19.2 Å². The van der Waals surface area contributed by atoms with Gasteiger partial charge in [-0.2, -0.15) is 5.10 Å². The number of H-pyrrole nitrogens is 1. The normalized spacial score (nSPS) is 10.5. The van der Waals surface area contributed by atoms with Gasteiger partial charge >= 0.3 is 0 Å². The molecule has 0 aliphatic heterocycles. The molecule has 0 saturated carbocycles. The van der Waals surface area contributed by atoms with Crippen molar-refractivity contribution in [3.63, 3.8) is 0 Å². The monoisotopic (exact) mass is 429 g/mol. The number of carbonyl (C=O) groups excluding carboxylic acids is 2. The summed E-state index contributed by atoms with van der Waals surface area (Å²) in [6.07, 6.45) is 0.513. The Labute approximate surface area is 177 Å². The van der Waals surface area contributed by atoms with Crippen molar-refractivity contribution >= 4 is 11.8 Å². The molecule has 0 spiro atoms. The largest absolute Gasteiger partial charge is 0.497 e. The number of aromatic amines is 1. The first-order valence-electron chi connectivity index (χ1n) is 9.52. The van der Waals surface area contributed by atoms with Crippen molar-refractivity contribution in [2.75, 3.05) is 13.7 Å². The summed E-state index contributed by atoms with van der Waals surface area (Å²) in [5.74, 6) is -0.854. The highest BCUT2D eigenvalue weighted by Crippen LogP contribution is 2.18. The van der Waals surface area contributed by atoms with Gasteiger partial charge in [-0.3, -0.25) is 14.7 Å². The van der Waals surface area contributed by atoms with Gasteiger partial charge in [-0.1, -0.05) is 0 Å². The van der Waals surface area contributed by atoms with Gasteiger partial charge in [0.2, 0.25) is 5.91 Å². The van der Waals surface area contributed by atoms with E-state index in [1.165, 1.54) is 0 Å². The van der Waals surface area contributed by atoms with Crippen LogP contribution in [0.5, 0.6) is 5.75 Å². The van der Waals surface area contributed by atoms with Crippen LogP contribution in [-0.4, -0.2) is 40.7 Å². The Kier molecular flexibility index (Phi) is 7.26. The fourth-order valence-corrected chi connectivity index (χ4v) is 2.73. The number of halogens is 2. The molecular formula is C21H21F2N5O3. The van der Waals surface area contributed by atoms with Crippen LogP contribution in [0.2, 0.25) is 0 Å². The summed E-state index contributed by atoms with van der Waals surface area (Å²) in [6.45, 7) is 0.349. The minimum atomic E-state index is -0.934. The number of nitrogens with one attached hydrogen (secondary N) is 3. The SMILES string of the molecule is COc1ccc(-c2n[nH]c(CNC(=O)CCCNC(=O)c3ccc(F)cc3F)n2)cc1. The number of rotatable bonds is 9. The van der Waals surface area contributed by atoms with Gasteiger partial charge in [0.25, 0.3) is 5.91 Å². The second-order valence-corrected chi connectivity index (χ2v) is 6.59. The maximum Gasteiger partial charge on any atom is 0.254 e. The molecular weight excluding hydrogens is 408 g/mol. The predicted octanol–water partition coefficient (Wildman–Crippen LogP) is 2.58. The highest BCUT2D eigenvalue weighted by molar-refractivity contribution is 5.94. The Hall–Kier alpha value is -3.82. The summed E-state index contributed by atoms with van der Waals surface area (Å²) < 4.78 is 31.6. The van der Waals surface area contributed by atoms with Crippen LogP contribution in [0.4, 0.5) is 8.78 Å². The van der Waals surface area contributed by atoms with Crippen LogP contribution < -0.4 is 15.4 Å². The highest BCUT2D eigenvalue weighted by Gasteiger charge is 2.12. The van der Waals surface area contributed by atoms with Gasteiger partial charge in [-0.15, -0.1) is 0 Å². The molecule has 3 rings (SSSR count). The number of ether oxygens (including phenoxy) is 1. The number of hydrogen-bond acceptors (Lipinski definition) is 5. The second-order valence-electron chi connectivity index (χ2n) is 6.59. The Morgan fingerprint density at radius 3 is 2.58 bits per heavy atom. The summed E-state index contributed by atoms with van der Waals surface area (Å²) in [6, 6.07) is 9.99. The molecule has 10 heteroatoms. The van der Waals surface area contributed by atoms with Gasteiger partial charge in [0.05, 0.1) is 19.2 Å². The molecule has 1 heterocycles. The molecule has 3 aromatic rings. The van der Waals surface area contributed by atoms with E-state index in [9.17, 15) is 18.4 Å². The van der Waals surface area contributed by atoms with Gasteiger partial charge in [0.1, 0.15) is 23.2 Å². The van der Waals surface area contributed by atoms with Crippen LogP contribution in [0.1, 0.15) is 29.0 Å². The minimum Gasteiger partial charge on any atom is -0.497 e. The van der Waals surface area contributed by atoms with E-state index in [4.69, 9.17) is 4.74 Å². The second kappa shape index (κ2) is 10.3. The Morgan fingerprint density at radius 1 is 1.10 bits per heavy atom. The van der Waals surface area contributed by atoms with E-state index in [1.807, 2.05) is 12.1 Å². The third-order valence-corrected chi connectivity index (χ3v) is 4.37. The van der Waals surface area contributed by atoms with Crippen molar-refractivity contribution in [2.24, 2.45) is 0 Å². The molecule has 0 saturated heterocycles. The lowest BCUT2D eigenvalue weighted by molar-refractivity contribution is -0.121. The number of amides is 2. The molecule has 0 atom stereocenters. The number of benzene rings is 2. The molecule has 1 aromatic heterocycles. The number of nitrogens with zero attached hydrogens (tertiary/aromatic N) is 2. The van der Waals surface area contributed by atoms with Gasteiger partial charge in [-0.25, -0.2) is 13.8 Å². The summed E-state index contributed by atoms with van der Waals surface area (Å²) >= 11 is 0. The van der Waals surface area contributed by atoms with Crippen molar-refractivity contribution in [3.8, 4) is 17.1 Å². The lowest BCUT2D eigenvalue weighted by Gasteiger charge is -2.06. The van der Waals surface area contributed by atoms with Crippen LogP contribution in [0.3, 0.4) is 0 Å². The highest BCUT2D eigenvalue weighted by atomic mass is 19.1. The molecule has 0 aliphatic carbocycles. The van der Waals surface area contributed by atoms with Crippen molar-refractivity contribution in [2.45, 2.75) is 19.4 Å². The molecule has 0 aliphatic rings. The lowest BCUT2D eigenvalue weighted by Crippen LogP contribution is -2.28. The number of methoxy groups -OCH3 is 1. The van der Waals surface area contributed by atoms with E-state index >= 15 is 0 Å². The zero-order valence-electron chi connectivity index (χ0n) is 16.7. The first kappa shape index (κ1) is 21.9. The molecule has 31 heavy (non-hydrogen) atoms. The van der Waals surface area contributed by atoms with E-state index in [0.29, 0.717) is 24.1 Å². The smallest absolute Gasteiger partial charge is 0.254 e. The first-order valence-corrected chi connectivity index (χ1v) is 9.52. The standard InChI is InChI=1S/C21H21F2N5O3/c1-31-15-7-4-13(5-8-15)20-26-18(27-28-20)12-25-19(29)3-2-10-24-21(30)16-9-6-14(22)11-17(16)23/h4-9,11H,2-3,10,12H2,1H3,(H,24,30)(H,25,29)(H,26,27,28). The van der Waals surface area contributed by atoms with Crippen molar-refractivity contribution < 1.29 is 23.1 Å². The average molecular weight is 429 g/mol. The van der Waals surface area contributed by atoms with Crippen LogP contribution in [0, 0.1) is 11.6 Å². The first-order chi connectivity index (χ1) is 15.0. The minimum absolute atomic E-state index is 0.158. The van der Waals surface area contributed by atoms with Crippen molar-refractivity contribution in [3.05, 3.63) is 65.5 Å². The maximum absolute atomic E-state index is 13.6. The quantitative estimate of drug-likeness (QED) is 0.453. The van der Waals surface area contributed by atoms with Crippen LogP contribution in [0.25, 0.3) is 11.4 Å². The third-order valence-electron chi connectivity index (χ3n) is 4.37.